The molecule has 7 nitrogen and oxygen atoms in total. The van der Waals surface area contributed by atoms with Crippen molar-refractivity contribution in [3.8, 4) is 0 Å². The van der Waals surface area contributed by atoms with Crippen LogP contribution in [0.2, 0.25) is 5.02 Å². The van der Waals surface area contributed by atoms with E-state index in [0.29, 0.717) is 11.6 Å². The van der Waals surface area contributed by atoms with Crippen LogP contribution in [0.4, 0.5) is 5.69 Å². The zero-order valence-electron chi connectivity index (χ0n) is 19.7. The van der Waals surface area contributed by atoms with Crippen molar-refractivity contribution in [1.82, 2.24) is 10.2 Å². The molecule has 1 N–H and O–H groups in total. The number of amides is 2. The number of anilines is 1. The molecule has 0 aliphatic heterocycles. The summed E-state index contributed by atoms with van der Waals surface area (Å²) >= 11 is 6.04. The Hall–Kier alpha value is -2.58. The van der Waals surface area contributed by atoms with Crippen LogP contribution in [0, 0.1) is 12.8 Å². The van der Waals surface area contributed by atoms with Crippen molar-refractivity contribution in [3.63, 3.8) is 0 Å². The number of nitrogens with one attached hydrogen (secondary N) is 1. The SMILES string of the molecule is Cc1cccc(CN(C(=O)CN(c2cccc(Cl)c2)S(C)(=O)=O)[C@@H](C)C(=O)NCC(C)C)c1. The van der Waals surface area contributed by atoms with E-state index < -0.39 is 28.5 Å². The summed E-state index contributed by atoms with van der Waals surface area (Å²) in [5.41, 5.74) is 2.15. The molecule has 2 aromatic carbocycles. The maximum atomic E-state index is 13.4. The van der Waals surface area contributed by atoms with Crippen molar-refractivity contribution < 1.29 is 18.0 Å². The predicted molar refractivity (Wildman–Crippen MR) is 133 cm³/mol. The van der Waals surface area contributed by atoms with Gasteiger partial charge in [-0.2, -0.15) is 0 Å². The number of hydrogen-bond acceptors (Lipinski definition) is 4. The lowest BCUT2D eigenvalue weighted by Crippen LogP contribution is -2.51. The monoisotopic (exact) mass is 493 g/mol. The highest BCUT2D eigenvalue weighted by Gasteiger charge is 2.30. The highest BCUT2D eigenvalue weighted by atomic mass is 35.5. The number of sulfonamides is 1. The van der Waals surface area contributed by atoms with Gasteiger partial charge in [0, 0.05) is 18.1 Å². The first kappa shape index (κ1) is 26.7. The smallest absolute Gasteiger partial charge is 0.244 e. The van der Waals surface area contributed by atoms with Crippen LogP contribution in [-0.4, -0.2) is 50.5 Å². The molecular formula is C24H32ClN3O4S. The topological polar surface area (TPSA) is 86.8 Å². The van der Waals surface area contributed by atoms with Gasteiger partial charge < -0.3 is 10.2 Å². The number of halogens is 1. The van der Waals surface area contributed by atoms with Crippen molar-refractivity contribution in [1.29, 1.82) is 0 Å². The summed E-state index contributed by atoms with van der Waals surface area (Å²) in [5, 5.41) is 3.21. The summed E-state index contributed by atoms with van der Waals surface area (Å²) in [6, 6.07) is 13.1. The van der Waals surface area contributed by atoms with Crippen molar-refractivity contribution in [2.75, 3.05) is 23.7 Å². The largest absolute Gasteiger partial charge is 0.354 e. The first-order valence-corrected chi connectivity index (χ1v) is 13.0. The molecule has 1 atom stereocenters. The second-order valence-corrected chi connectivity index (χ2v) is 10.9. The molecule has 2 amide bonds. The molecule has 0 heterocycles. The van der Waals surface area contributed by atoms with Gasteiger partial charge in [0.05, 0.1) is 11.9 Å². The zero-order valence-corrected chi connectivity index (χ0v) is 21.3. The Morgan fingerprint density at radius 3 is 2.30 bits per heavy atom. The molecule has 0 aliphatic rings. The minimum absolute atomic E-state index is 0.171. The van der Waals surface area contributed by atoms with Crippen LogP contribution in [0.3, 0.4) is 0 Å². The third kappa shape index (κ3) is 8.05. The lowest BCUT2D eigenvalue weighted by molar-refractivity contribution is -0.139. The van der Waals surface area contributed by atoms with E-state index in [9.17, 15) is 18.0 Å². The minimum Gasteiger partial charge on any atom is -0.354 e. The molecule has 0 bridgehead atoms. The molecular weight excluding hydrogens is 462 g/mol. The van der Waals surface area contributed by atoms with Crippen molar-refractivity contribution in [3.05, 3.63) is 64.7 Å². The molecule has 2 rings (SSSR count). The number of benzene rings is 2. The molecule has 0 fully saturated rings. The number of aryl methyl sites for hydroxylation is 1. The Morgan fingerprint density at radius 2 is 1.73 bits per heavy atom. The van der Waals surface area contributed by atoms with Crippen LogP contribution >= 0.6 is 11.6 Å². The fraction of sp³-hybridized carbons (Fsp3) is 0.417. The van der Waals surface area contributed by atoms with Gasteiger partial charge in [0.2, 0.25) is 21.8 Å². The Kier molecular flexibility index (Phi) is 9.31. The average Bonchev–Trinajstić information content (AvgIpc) is 2.72. The molecule has 180 valence electrons. The highest BCUT2D eigenvalue weighted by Crippen LogP contribution is 2.22. The quantitative estimate of drug-likeness (QED) is 0.547. The van der Waals surface area contributed by atoms with E-state index in [1.807, 2.05) is 45.0 Å². The van der Waals surface area contributed by atoms with Gasteiger partial charge in [0.15, 0.2) is 0 Å². The van der Waals surface area contributed by atoms with Crippen LogP contribution in [0.5, 0.6) is 0 Å². The molecule has 0 saturated carbocycles. The Morgan fingerprint density at radius 1 is 1.06 bits per heavy atom. The Balaban J connectivity index is 2.36. The van der Waals surface area contributed by atoms with Crippen LogP contribution in [0.25, 0.3) is 0 Å². The van der Waals surface area contributed by atoms with E-state index in [0.717, 1.165) is 21.7 Å². The molecule has 0 spiro atoms. The summed E-state index contributed by atoms with van der Waals surface area (Å²) in [6.07, 6.45) is 1.03. The van der Waals surface area contributed by atoms with Crippen molar-refractivity contribution in [2.45, 2.75) is 40.3 Å². The van der Waals surface area contributed by atoms with Gasteiger partial charge in [0.25, 0.3) is 0 Å². The Bertz CT molecular complexity index is 1090. The molecule has 0 aromatic heterocycles. The molecule has 0 aliphatic carbocycles. The van der Waals surface area contributed by atoms with Gasteiger partial charge in [-0.15, -0.1) is 0 Å². The van der Waals surface area contributed by atoms with Crippen molar-refractivity contribution >= 4 is 39.1 Å². The van der Waals surface area contributed by atoms with Crippen LogP contribution in [-0.2, 0) is 26.2 Å². The summed E-state index contributed by atoms with van der Waals surface area (Å²) in [5.74, 6) is -0.530. The molecule has 33 heavy (non-hydrogen) atoms. The summed E-state index contributed by atoms with van der Waals surface area (Å²) < 4.78 is 26.0. The van der Waals surface area contributed by atoms with Gasteiger partial charge >= 0.3 is 0 Å². The van der Waals surface area contributed by atoms with E-state index in [2.05, 4.69) is 5.32 Å². The van der Waals surface area contributed by atoms with Gasteiger partial charge in [-0.05, 0) is 43.5 Å². The Labute approximate surface area is 201 Å². The van der Waals surface area contributed by atoms with E-state index in [4.69, 9.17) is 11.6 Å². The number of rotatable bonds is 10. The molecule has 0 saturated heterocycles. The first-order valence-electron chi connectivity index (χ1n) is 10.7. The predicted octanol–water partition coefficient (Wildman–Crippen LogP) is 3.60. The number of hydrogen-bond donors (Lipinski definition) is 1. The number of nitrogens with zero attached hydrogens (tertiary/aromatic N) is 2. The third-order valence-corrected chi connectivity index (χ3v) is 6.44. The minimum atomic E-state index is -3.78. The van der Waals surface area contributed by atoms with Gasteiger partial charge in [-0.25, -0.2) is 8.42 Å². The summed E-state index contributed by atoms with van der Waals surface area (Å²) in [4.78, 5) is 27.6. The van der Waals surface area contributed by atoms with Gasteiger partial charge in [0.1, 0.15) is 12.6 Å². The van der Waals surface area contributed by atoms with Crippen LogP contribution in [0.1, 0.15) is 31.9 Å². The normalized spacial score (nSPS) is 12.3. The van der Waals surface area contributed by atoms with Crippen molar-refractivity contribution in [2.24, 2.45) is 5.92 Å². The molecule has 0 unspecified atom stereocenters. The lowest BCUT2D eigenvalue weighted by Gasteiger charge is -2.31. The average molecular weight is 494 g/mol. The van der Waals surface area contributed by atoms with Crippen LogP contribution < -0.4 is 9.62 Å². The molecule has 9 heteroatoms. The first-order chi connectivity index (χ1) is 15.4. The standard InChI is InChI=1S/C24H32ClN3O4S/c1-17(2)14-26-24(30)19(4)27(15-20-9-6-8-18(3)12-20)23(29)16-28(33(5,31)32)22-11-7-10-21(25)13-22/h6-13,17,19H,14-16H2,1-5H3,(H,26,30)/t19-/m0/s1. The maximum Gasteiger partial charge on any atom is 0.244 e. The third-order valence-electron chi connectivity index (χ3n) is 5.06. The van der Waals surface area contributed by atoms with E-state index >= 15 is 0 Å². The second kappa shape index (κ2) is 11.5. The van der Waals surface area contributed by atoms with E-state index in [1.54, 1.807) is 25.1 Å². The van der Waals surface area contributed by atoms with E-state index in [1.165, 1.54) is 11.0 Å². The fourth-order valence-corrected chi connectivity index (χ4v) is 4.31. The van der Waals surface area contributed by atoms with Gasteiger partial charge in [-0.3, -0.25) is 13.9 Å². The number of carbonyl (C=O) groups is 2. The highest BCUT2D eigenvalue weighted by molar-refractivity contribution is 7.92. The van der Waals surface area contributed by atoms with Gasteiger partial charge in [-0.1, -0.05) is 61.3 Å². The summed E-state index contributed by atoms with van der Waals surface area (Å²) in [6.45, 7) is 7.75. The van der Waals surface area contributed by atoms with Crippen LogP contribution in [0.15, 0.2) is 48.5 Å². The zero-order chi connectivity index (χ0) is 24.8. The van der Waals surface area contributed by atoms with E-state index in [-0.39, 0.29) is 24.1 Å². The molecule has 0 radical (unpaired) electrons. The second-order valence-electron chi connectivity index (χ2n) is 8.58. The lowest BCUT2D eigenvalue weighted by atomic mass is 10.1. The maximum absolute atomic E-state index is 13.4. The number of carbonyl (C=O) groups excluding carboxylic acids is 2. The summed E-state index contributed by atoms with van der Waals surface area (Å²) in [7, 11) is -3.78. The molecule has 2 aromatic rings. The fourth-order valence-electron chi connectivity index (χ4n) is 3.29.